The maximum atomic E-state index is 12.0. The van der Waals surface area contributed by atoms with E-state index in [0.29, 0.717) is 19.6 Å². The van der Waals surface area contributed by atoms with Gasteiger partial charge < -0.3 is 10.1 Å². The minimum atomic E-state index is 0.0153. The van der Waals surface area contributed by atoms with Gasteiger partial charge in [-0.05, 0) is 26.8 Å². The van der Waals surface area contributed by atoms with E-state index in [2.05, 4.69) is 30.2 Å². The highest BCUT2D eigenvalue weighted by molar-refractivity contribution is 7.13. The highest BCUT2D eigenvalue weighted by atomic mass is 32.1. The number of methoxy groups -OCH3 is 1. The molecule has 6 heteroatoms. The lowest BCUT2D eigenvalue weighted by Gasteiger charge is -2.04. The molecule has 2 rings (SSSR count). The van der Waals surface area contributed by atoms with Crippen LogP contribution in [0.25, 0.3) is 11.3 Å². The fourth-order valence-electron chi connectivity index (χ4n) is 2.17. The van der Waals surface area contributed by atoms with E-state index < -0.39 is 0 Å². The van der Waals surface area contributed by atoms with Gasteiger partial charge in [-0.25, -0.2) is 4.98 Å². The zero-order valence-corrected chi connectivity index (χ0v) is 14.4. The van der Waals surface area contributed by atoms with Crippen molar-refractivity contribution in [2.75, 3.05) is 20.3 Å². The zero-order valence-electron chi connectivity index (χ0n) is 12.8. The second kappa shape index (κ2) is 7.15. The molecule has 0 aliphatic heterocycles. The molecule has 2 aromatic heterocycles. The normalized spacial score (nSPS) is 10.9. The first-order valence-corrected chi connectivity index (χ1v) is 8.44. The molecule has 1 N–H and O–H groups in total. The van der Waals surface area contributed by atoms with Gasteiger partial charge in [-0.15, -0.1) is 22.7 Å². The fourth-order valence-corrected chi connectivity index (χ4v) is 4.04. The third kappa shape index (κ3) is 4.12. The van der Waals surface area contributed by atoms with Crippen LogP contribution >= 0.6 is 22.7 Å². The van der Waals surface area contributed by atoms with Crippen LogP contribution in [0.5, 0.6) is 0 Å². The van der Waals surface area contributed by atoms with Gasteiger partial charge in [0.1, 0.15) is 0 Å². The number of nitrogens with zero attached hydrogens (tertiary/aromatic N) is 1. The van der Waals surface area contributed by atoms with Gasteiger partial charge in [-0.1, -0.05) is 0 Å². The number of carbonyl (C=O) groups is 1. The molecular weight excluding hydrogens is 304 g/mol. The summed E-state index contributed by atoms with van der Waals surface area (Å²) in [4.78, 5) is 20.2. The number of aromatic nitrogens is 1. The molecule has 4 nitrogen and oxygen atoms in total. The Labute approximate surface area is 133 Å². The van der Waals surface area contributed by atoms with E-state index in [1.807, 2.05) is 6.92 Å². The van der Waals surface area contributed by atoms with Crippen LogP contribution in [0.3, 0.4) is 0 Å². The number of thiazole rings is 1. The van der Waals surface area contributed by atoms with Gasteiger partial charge in [-0.3, -0.25) is 4.79 Å². The van der Waals surface area contributed by atoms with Crippen LogP contribution in [0, 0.1) is 20.8 Å². The van der Waals surface area contributed by atoms with Crippen molar-refractivity contribution >= 4 is 28.6 Å². The monoisotopic (exact) mass is 324 g/mol. The van der Waals surface area contributed by atoms with Crippen molar-refractivity contribution in [3.63, 3.8) is 0 Å². The van der Waals surface area contributed by atoms with Crippen LogP contribution in [0.15, 0.2) is 6.07 Å². The van der Waals surface area contributed by atoms with Crippen LogP contribution in [0.4, 0.5) is 0 Å². The van der Waals surface area contributed by atoms with E-state index in [-0.39, 0.29) is 5.91 Å². The van der Waals surface area contributed by atoms with Crippen LogP contribution in [-0.2, 0) is 16.0 Å². The Morgan fingerprint density at radius 2 is 2.10 bits per heavy atom. The summed E-state index contributed by atoms with van der Waals surface area (Å²) in [5.41, 5.74) is 2.11. The molecule has 0 bridgehead atoms. The quantitative estimate of drug-likeness (QED) is 0.831. The first-order valence-electron chi connectivity index (χ1n) is 6.80. The molecule has 0 radical (unpaired) electrons. The smallest absolute Gasteiger partial charge is 0.225 e. The average molecular weight is 324 g/mol. The highest BCUT2D eigenvalue weighted by Crippen LogP contribution is 2.34. The summed E-state index contributed by atoms with van der Waals surface area (Å²) >= 11 is 3.36. The van der Waals surface area contributed by atoms with E-state index in [4.69, 9.17) is 4.74 Å². The SMILES string of the molecule is COCCNC(=O)Cc1sc(C)nc1-c1cc(C)sc1C. The lowest BCUT2D eigenvalue weighted by molar-refractivity contribution is -0.120. The Hall–Kier alpha value is -1.24. The first kappa shape index (κ1) is 16.1. The molecule has 0 atom stereocenters. The third-order valence-electron chi connectivity index (χ3n) is 3.05. The van der Waals surface area contributed by atoms with Crippen LogP contribution < -0.4 is 5.32 Å². The van der Waals surface area contributed by atoms with Gasteiger partial charge >= 0.3 is 0 Å². The van der Waals surface area contributed by atoms with Gasteiger partial charge in [0, 0.05) is 33.8 Å². The number of thiophene rings is 1. The summed E-state index contributed by atoms with van der Waals surface area (Å²) in [6.45, 7) is 7.25. The summed E-state index contributed by atoms with van der Waals surface area (Å²) in [6.07, 6.45) is 0.374. The number of hydrogen-bond acceptors (Lipinski definition) is 5. The molecule has 0 spiro atoms. The summed E-state index contributed by atoms with van der Waals surface area (Å²) in [7, 11) is 1.62. The lowest BCUT2D eigenvalue weighted by atomic mass is 10.1. The van der Waals surface area contributed by atoms with Crippen molar-refractivity contribution in [2.24, 2.45) is 0 Å². The number of nitrogens with one attached hydrogen (secondary N) is 1. The Kier molecular flexibility index (Phi) is 5.50. The predicted molar refractivity (Wildman–Crippen MR) is 88.2 cm³/mol. The Morgan fingerprint density at radius 1 is 1.33 bits per heavy atom. The van der Waals surface area contributed by atoms with E-state index in [9.17, 15) is 4.79 Å². The Balaban J connectivity index is 2.17. The molecule has 0 fully saturated rings. The molecule has 1 amide bonds. The average Bonchev–Trinajstić information content (AvgIpc) is 2.92. The topological polar surface area (TPSA) is 51.2 Å². The molecular formula is C15H20N2O2S2. The predicted octanol–water partition coefficient (Wildman–Crippen LogP) is 3.10. The molecule has 0 saturated heterocycles. The third-order valence-corrected chi connectivity index (χ3v) is 4.99. The Bertz CT molecular complexity index is 632. The Morgan fingerprint density at radius 3 is 2.71 bits per heavy atom. The molecule has 2 heterocycles. The standard InChI is InChI=1S/C15H20N2O2S2/c1-9-7-12(10(2)20-9)15-13(21-11(3)17-15)8-14(18)16-5-6-19-4/h7H,5-6,8H2,1-4H3,(H,16,18). The van der Waals surface area contributed by atoms with E-state index in [0.717, 1.165) is 21.1 Å². The minimum Gasteiger partial charge on any atom is -0.383 e. The van der Waals surface area contributed by atoms with Crippen LogP contribution in [0.2, 0.25) is 0 Å². The number of ether oxygens (including phenoxy) is 1. The molecule has 0 aromatic carbocycles. The van der Waals surface area contributed by atoms with Gasteiger partial charge in [0.15, 0.2) is 0 Å². The second-order valence-electron chi connectivity index (χ2n) is 4.85. The van der Waals surface area contributed by atoms with Gasteiger partial charge in [0.05, 0.1) is 23.7 Å². The van der Waals surface area contributed by atoms with E-state index >= 15 is 0 Å². The highest BCUT2D eigenvalue weighted by Gasteiger charge is 2.17. The summed E-state index contributed by atoms with van der Waals surface area (Å²) < 4.78 is 4.94. The molecule has 0 aliphatic carbocycles. The second-order valence-corrected chi connectivity index (χ2v) is 7.60. The summed E-state index contributed by atoms with van der Waals surface area (Å²) in [5.74, 6) is 0.0153. The summed E-state index contributed by atoms with van der Waals surface area (Å²) in [5, 5.41) is 3.85. The molecule has 2 aromatic rings. The maximum absolute atomic E-state index is 12.0. The fraction of sp³-hybridized carbons (Fsp3) is 0.467. The lowest BCUT2D eigenvalue weighted by Crippen LogP contribution is -2.28. The molecule has 0 aliphatic rings. The van der Waals surface area contributed by atoms with Crippen LogP contribution in [0.1, 0.15) is 19.6 Å². The number of aryl methyl sites for hydroxylation is 3. The molecule has 21 heavy (non-hydrogen) atoms. The summed E-state index contributed by atoms with van der Waals surface area (Å²) in [6, 6.07) is 2.15. The van der Waals surface area contributed by atoms with E-state index in [1.165, 1.54) is 9.75 Å². The van der Waals surface area contributed by atoms with Crippen molar-refractivity contribution in [3.05, 3.63) is 25.7 Å². The molecule has 0 unspecified atom stereocenters. The van der Waals surface area contributed by atoms with Gasteiger partial charge in [0.2, 0.25) is 5.91 Å². The van der Waals surface area contributed by atoms with E-state index in [1.54, 1.807) is 29.8 Å². The van der Waals surface area contributed by atoms with Gasteiger partial charge in [0.25, 0.3) is 0 Å². The van der Waals surface area contributed by atoms with Crippen molar-refractivity contribution in [1.29, 1.82) is 0 Å². The van der Waals surface area contributed by atoms with Crippen molar-refractivity contribution < 1.29 is 9.53 Å². The molecule has 114 valence electrons. The van der Waals surface area contributed by atoms with Crippen LogP contribution in [-0.4, -0.2) is 31.2 Å². The zero-order chi connectivity index (χ0) is 15.4. The maximum Gasteiger partial charge on any atom is 0.225 e. The van der Waals surface area contributed by atoms with Crippen molar-refractivity contribution in [2.45, 2.75) is 27.2 Å². The number of carbonyl (C=O) groups excluding carboxylic acids is 1. The first-order chi connectivity index (χ1) is 10.0. The number of hydrogen-bond donors (Lipinski definition) is 1. The molecule has 0 saturated carbocycles. The van der Waals surface area contributed by atoms with Crippen molar-refractivity contribution in [1.82, 2.24) is 10.3 Å². The number of amides is 1. The van der Waals surface area contributed by atoms with Gasteiger partial charge in [-0.2, -0.15) is 0 Å². The van der Waals surface area contributed by atoms with Crippen molar-refractivity contribution in [3.8, 4) is 11.3 Å². The largest absolute Gasteiger partial charge is 0.383 e. The number of rotatable bonds is 6. The minimum absolute atomic E-state index is 0.0153.